The van der Waals surface area contributed by atoms with E-state index in [1.807, 2.05) is 12.3 Å². The van der Waals surface area contributed by atoms with Crippen LogP contribution in [0.1, 0.15) is 43.0 Å². The number of unbranched alkanes of at least 4 members (excludes halogenated alkanes) is 1. The minimum absolute atomic E-state index is 0.146. The Balaban J connectivity index is 1.78. The van der Waals surface area contributed by atoms with E-state index in [9.17, 15) is 18.0 Å². The number of rotatable bonds is 11. The highest BCUT2D eigenvalue weighted by Crippen LogP contribution is 2.18. The van der Waals surface area contributed by atoms with Crippen molar-refractivity contribution >= 4 is 38.9 Å². The molecule has 7 nitrogen and oxygen atoms in total. The van der Waals surface area contributed by atoms with Crippen LogP contribution in [0.25, 0.3) is 0 Å². The first kappa shape index (κ1) is 23.1. The van der Waals surface area contributed by atoms with E-state index in [0.29, 0.717) is 30.8 Å². The minimum atomic E-state index is -3.52. The number of anilines is 1. The van der Waals surface area contributed by atoms with Crippen molar-refractivity contribution in [3.63, 3.8) is 0 Å². The molecule has 1 aromatic heterocycles. The van der Waals surface area contributed by atoms with Crippen LogP contribution < -0.4 is 10.6 Å². The standard InChI is InChI=1S/C20H27N3O4S2/c1-3-4-13-23(2)29(26,27)18-9-7-17(8-10-18)22-19(24)6-5-12-21-20(25)16-11-14-28-15-16/h7-11,14-15H,3-6,12-13H2,1-2H3,(H,21,25)(H,22,24). The molecular formula is C20H27N3O4S2. The largest absolute Gasteiger partial charge is 0.352 e. The molecule has 0 spiro atoms. The summed E-state index contributed by atoms with van der Waals surface area (Å²) in [6, 6.07) is 7.90. The molecule has 2 aromatic rings. The van der Waals surface area contributed by atoms with Crippen molar-refractivity contribution in [1.29, 1.82) is 0 Å². The van der Waals surface area contributed by atoms with Gasteiger partial charge in [0.25, 0.3) is 5.91 Å². The number of carbonyl (C=O) groups excluding carboxylic acids is 2. The lowest BCUT2D eigenvalue weighted by Gasteiger charge is -2.17. The molecular weight excluding hydrogens is 410 g/mol. The lowest BCUT2D eigenvalue weighted by atomic mass is 10.2. The predicted molar refractivity (Wildman–Crippen MR) is 116 cm³/mol. The van der Waals surface area contributed by atoms with E-state index in [-0.39, 0.29) is 23.1 Å². The van der Waals surface area contributed by atoms with Gasteiger partial charge in [-0.15, -0.1) is 0 Å². The highest BCUT2D eigenvalue weighted by atomic mass is 32.2. The van der Waals surface area contributed by atoms with Gasteiger partial charge in [-0.3, -0.25) is 9.59 Å². The predicted octanol–water partition coefficient (Wildman–Crippen LogP) is 3.32. The number of hydrogen-bond acceptors (Lipinski definition) is 5. The summed E-state index contributed by atoms with van der Waals surface area (Å²) in [4.78, 5) is 24.0. The molecule has 0 fully saturated rings. The van der Waals surface area contributed by atoms with Crippen LogP contribution in [0.4, 0.5) is 5.69 Å². The van der Waals surface area contributed by atoms with Gasteiger partial charge < -0.3 is 10.6 Å². The fourth-order valence-corrected chi connectivity index (χ4v) is 4.41. The van der Waals surface area contributed by atoms with Gasteiger partial charge >= 0.3 is 0 Å². The zero-order chi connectivity index (χ0) is 21.3. The lowest BCUT2D eigenvalue weighted by Crippen LogP contribution is -2.27. The van der Waals surface area contributed by atoms with Crippen LogP contribution >= 0.6 is 11.3 Å². The molecule has 0 atom stereocenters. The molecule has 0 bridgehead atoms. The number of sulfonamides is 1. The van der Waals surface area contributed by atoms with Crippen LogP contribution in [-0.2, 0) is 14.8 Å². The van der Waals surface area contributed by atoms with E-state index in [0.717, 1.165) is 12.8 Å². The SMILES string of the molecule is CCCCN(C)S(=O)(=O)c1ccc(NC(=O)CCCNC(=O)c2ccsc2)cc1. The topological polar surface area (TPSA) is 95.6 Å². The molecule has 2 N–H and O–H groups in total. The summed E-state index contributed by atoms with van der Waals surface area (Å²) in [6.07, 6.45) is 2.49. The summed E-state index contributed by atoms with van der Waals surface area (Å²) in [6.45, 7) is 2.89. The van der Waals surface area contributed by atoms with Crippen molar-refractivity contribution in [3.05, 3.63) is 46.7 Å². The normalized spacial score (nSPS) is 11.4. The molecule has 0 unspecified atom stereocenters. The fraction of sp³-hybridized carbons (Fsp3) is 0.400. The number of thiophene rings is 1. The van der Waals surface area contributed by atoms with Gasteiger partial charge in [-0.2, -0.15) is 11.3 Å². The number of nitrogens with one attached hydrogen (secondary N) is 2. The molecule has 2 amide bonds. The van der Waals surface area contributed by atoms with E-state index < -0.39 is 10.0 Å². The number of nitrogens with zero attached hydrogens (tertiary/aromatic N) is 1. The molecule has 9 heteroatoms. The second-order valence-electron chi connectivity index (χ2n) is 6.62. The summed E-state index contributed by atoms with van der Waals surface area (Å²) in [5.74, 6) is -0.335. The number of carbonyl (C=O) groups is 2. The van der Waals surface area contributed by atoms with Crippen LogP contribution in [0.3, 0.4) is 0 Å². The van der Waals surface area contributed by atoms with Crippen LogP contribution in [-0.4, -0.2) is 44.7 Å². The Bertz CT molecular complexity index is 894. The van der Waals surface area contributed by atoms with Gasteiger partial charge in [0.2, 0.25) is 15.9 Å². The Hall–Kier alpha value is -2.23. The molecule has 1 aromatic carbocycles. The lowest BCUT2D eigenvalue weighted by molar-refractivity contribution is -0.116. The van der Waals surface area contributed by atoms with E-state index in [2.05, 4.69) is 10.6 Å². The Morgan fingerprint density at radius 3 is 2.45 bits per heavy atom. The van der Waals surface area contributed by atoms with E-state index in [1.165, 1.54) is 27.8 Å². The molecule has 0 saturated carbocycles. The maximum absolute atomic E-state index is 12.5. The van der Waals surface area contributed by atoms with Gasteiger partial charge in [-0.1, -0.05) is 13.3 Å². The summed E-state index contributed by atoms with van der Waals surface area (Å²) in [5.41, 5.74) is 1.15. The Morgan fingerprint density at radius 1 is 1.10 bits per heavy atom. The minimum Gasteiger partial charge on any atom is -0.352 e. The molecule has 0 aliphatic rings. The zero-order valence-corrected chi connectivity index (χ0v) is 18.3. The summed E-state index contributed by atoms with van der Waals surface area (Å²) in [7, 11) is -1.95. The maximum atomic E-state index is 12.5. The van der Waals surface area contributed by atoms with Crippen LogP contribution in [0.15, 0.2) is 46.0 Å². The molecule has 0 aliphatic heterocycles. The summed E-state index contributed by atoms with van der Waals surface area (Å²) < 4.78 is 26.3. The van der Waals surface area contributed by atoms with Crippen LogP contribution in [0, 0.1) is 0 Å². The number of benzene rings is 1. The molecule has 0 saturated heterocycles. The van der Waals surface area contributed by atoms with Gasteiger partial charge in [0.05, 0.1) is 4.90 Å². The van der Waals surface area contributed by atoms with Crippen molar-refractivity contribution in [2.75, 3.05) is 25.5 Å². The molecule has 1 heterocycles. The maximum Gasteiger partial charge on any atom is 0.252 e. The third-order valence-electron chi connectivity index (χ3n) is 4.32. The van der Waals surface area contributed by atoms with Crippen molar-refractivity contribution in [2.45, 2.75) is 37.5 Å². The van der Waals surface area contributed by atoms with E-state index in [1.54, 1.807) is 30.6 Å². The highest BCUT2D eigenvalue weighted by molar-refractivity contribution is 7.89. The molecule has 0 aliphatic carbocycles. The van der Waals surface area contributed by atoms with E-state index in [4.69, 9.17) is 0 Å². The van der Waals surface area contributed by atoms with Gasteiger partial charge in [0.15, 0.2) is 0 Å². The summed E-state index contributed by atoms with van der Waals surface area (Å²) >= 11 is 1.46. The van der Waals surface area contributed by atoms with Crippen molar-refractivity contribution in [2.24, 2.45) is 0 Å². The number of amides is 2. The quantitative estimate of drug-likeness (QED) is 0.527. The third-order valence-corrected chi connectivity index (χ3v) is 6.88. The van der Waals surface area contributed by atoms with Crippen LogP contribution in [0.5, 0.6) is 0 Å². The first-order valence-electron chi connectivity index (χ1n) is 9.51. The van der Waals surface area contributed by atoms with Crippen LogP contribution in [0.2, 0.25) is 0 Å². The zero-order valence-electron chi connectivity index (χ0n) is 16.7. The first-order chi connectivity index (χ1) is 13.8. The fourth-order valence-electron chi connectivity index (χ4n) is 2.56. The van der Waals surface area contributed by atoms with Gasteiger partial charge in [0, 0.05) is 43.2 Å². The second-order valence-corrected chi connectivity index (χ2v) is 9.45. The number of hydrogen-bond donors (Lipinski definition) is 2. The van der Waals surface area contributed by atoms with E-state index >= 15 is 0 Å². The third kappa shape index (κ3) is 6.95. The second kappa shape index (κ2) is 11.1. The van der Waals surface area contributed by atoms with Crippen molar-refractivity contribution < 1.29 is 18.0 Å². The van der Waals surface area contributed by atoms with Gasteiger partial charge in [-0.05, 0) is 48.6 Å². The first-order valence-corrected chi connectivity index (χ1v) is 11.9. The molecule has 29 heavy (non-hydrogen) atoms. The monoisotopic (exact) mass is 437 g/mol. The molecule has 2 rings (SSSR count). The average molecular weight is 438 g/mol. The summed E-state index contributed by atoms with van der Waals surface area (Å²) in [5, 5.41) is 9.12. The van der Waals surface area contributed by atoms with Crippen molar-refractivity contribution in [3.8, 4) is 0 Å². The van der Waals surface area contributed by atoms with Gasteiger partial charge in [0.1, 0.15) is 0 Å². The average Bonchev–Trinajstić information content (AvgIpc) is 3.24. The molecule has 158 valence electrons. The highest BCUT2D eigenvalue weighted by Gasteiger charge is 2.20. The smallest absolute Gasteiger partial charge is 0.252 e. The Labute approximate surface area is 176 Å². The molecule has 0 radical (unpaired) electrons. The van der Waals surface area contributed by atoms with Crippen molar-refractivity contribution in [1.82, 2.24) is 9.62 Å². The Kier molecular flexibility index (Phi) is 8.81. The van der Waals surface area contributed by atoms with Gasteiger partial charge in [-0.25, -0.2) is 12.7 Å². The Morgan fingerprint density at radius 2 is 1.83 bits per heavy atom.